The van der Waals surface area contributed by atoms with Crippen molar-refractivity contribution in [2.45, 2.75) is 38.7 Å². The SMILES string of the molecule is CCOc1cc(/C=C/C(=O)O[C@H]2CCCCC2=O)cc(Cl)c1OC. The molecule has 0 saturated heterocycles. The summed E-state index contributed by atoms with van der Waals surface area (Å²) in [6, 6.07) is 3.39. The van der Waals surface area contributed by atoms with Gasteiger partial charge in [-0.3, -0.25) is 4.79 Å². The molecule has 1 atom stereocenters. The van der Waals surface area contributed by atoms with Crippen LogP contribution in [0.4, 0.5) is 0 Å². The number of esters is 1. The Kier molecular flexibility index (Phi) is 6.67. The molecule has 0 N–H and O–H groups in total. The lowest BCUT2D eigenvalue weighted by Gasteiger charge is -2.19. The summed E-state index contributed by atoms with van der Waals surface area (Å²) in [6.07, 6.45) is 5.09. The number of ketones is 1. The molecule has 0 aliphatic heterocycles. The maximum Gasteiger partial charge on any atom is 0.331 e. The minimum atomic E-state index is -0.616. The summed E-state index contributed by atoms with van der Waals surface area (Å²) in [5.41, 5.74) is 0.677. The molecule has 1 aliphatic carbocycles. The first-order chi connectivity index (χ1) is 11.5. The lowest BCUT2D eigenvalue weighted by molar-refractivity contribution is -0.152. The molecule has 1 aliphatic rings. The quantitative estimate of drug-likeness (QED) is 0.575. The fourth-order valence-electron chi connectivity index (χ4n) is 2.56. The Morgan fingerprint density at radius 2 is 2.17 bits per heavy atom. The van der Waals surface area contributed by atoms with Gasteiger partial charge in [-0.15, -0.1) is 0 Å². The van der Waals surface area contributed by atoms with E-state index in [-0.39, 0.29) is 5.78 Å². The molecule has 0 amide bonds. The number of carbonyl (C=O) groups excluding carboxylic acids is 2. The normalized spacial score (nSPS) is 17.8. The van der Waals surface area contributed by atoms with Crippen molar-refractivity contribution in [2.24, 2.45) is 0 Å². The Bertz CT molecular complexity index is 639. The minimum absolute atomic E-state index is 0.00544. The zero-order valence-corrected chi connectivity index (χ0v) is 14.6. The molecule has 0 aromatic heterocycles. The van der Waals surface area contributed by atoms with Crippen molar-refractivity contribution in [3.8, 4) is 11.5 Å². The summed E-state index contributed by atoms with van der Waals surface area (Å²) in [6.45, 7) is 2.32. The zero-order valence-electron chi connectivity index (χ0n) is 13.8. The van der Waals surface area contributed by atoms with Crippen molar-refractivity contribution in [3.05, 3.63) is 28.8 Å². The maximum absolute atomic E-state index is 11.9. The van der Waals surface area contributed by atoms with Crippen LogP contribution < -0.4 is 9.47 Å². The molecule has 24 heavy (non-hydrogen) atoms. The largest absolute Gasteiger partial charge is 0.491 e. The molecule has 0 heterocycles. The summed E-state index contributed by atoms with van der Waals surface area (Å²) in [5, 5.41) is 0.388. The Hall–Kier alpha value is -2.01. The molecule has 0 unspecified atom stereocenters. The molecule has 0 radical (unpaired) electrons. The second-order valence-corrected chi connectivity index (χ2v) is 5.85. The molecule has 130 valence electrons. The van der Waals surface area contributed by atoms with Crippen molar-refractivity contribution < 1.29 is 23.8 Å². The second kappa shape index (κ2) is 8.73. The third-order valence-electron chi connectivity index (χ3n) is 3.70. The number of ether oxygens (including phenoxy) is 3. The van der Waals surface area contributed by atoms with Gasteiger partial charge in [-0.2, -0.15) is 0 Å². The molecule has 5 nitrogen and oxygen atoms in total. The smallest absolute Gasteiger partial charge is 0.331 e. The monoisotopic (exact) mass is 352 g/mol. The van der Waals surface area contributed by atoms with E-state index in [9.17, 15) is 9.59 Å². The van der Waals surface area contributed by atoms with Crippen LogP contribution in [0, 0.1) is 0 Å². The van der Waals surface area contributed by atoms with Crippen molar-refractivity contribution in [3.63, 3.8) is 0 Å². The third kappa shape index (κ3) is 4.74. The van der Waals surface area contributed by atoms with E-state index in [1.807, 2.05) is 6.92 Å². The van der Waals surface area contributed by atoms with E-state index < -0.39 is 12.1 Å². The number of methoxy groups -OCH3 is 1. The third-order valence-corrected chi connectivity index (χ3v) is 3.99. The summed E-state index contributed by atoms with van der Waals surface area (Å²) in [7, 11) is 1.51. The van der Waals surface area contributed by atoms with E-state index in [4.69, 9.17) is 25.8 Å². The van der Waals surface area contributed by atoms with E-state index in [2.05, 4.69) is 0 Å². The van der Waals surface area contributed by atoms with Gasteiger partial charge in [-0.1, -0.05) is 11.6 Å². The standard InChI is InChI=1S/C18H21ClO5/c1-3-23-16-11-12(10-13(19)18(16)22-2)8-9-17(21)24-15-7-5-4-6-14(15)20/h8-11,15H,3-7H2,1-2H3/b9-8+/t15-/m0/s1. The number of rotatable bonds is 6. The molecule has 0 spiro atoms. The maximum atomic E-state index is 11.9. The predicted octanol–water partition coefficient (Wildman–Crippen LogP) is 3.82. The van der Waals surface area contributed by atoms with Crippen LogP contribution in [0.3, 0.4) is 0 Å². The summed E-state index contributed by atoms with van der Waals surface area (Å²) in [4.78, 5) is 23.6. The van der Waals surface area contributed by atoms with Gasteiger partial charge in [0.05, 0.1) is 18.7 Å². The summed E-state index contributed by atoms with van der Waals surface area (Å²) >= 11 is 6.16. The highest BCUT2D eigenvalue weighted by Gasteiger charge is 2.24. The fourth-order valence-corrected chi connectivity index (χ4v) is 2.86. The Morgan fingerprint density at radius 3 is 2.83 bits per heavy atom. The minimum Gasteiger partial charge on any atom is -0.491 e. The van der Waals surface area contributed by atoms with Gasteiger partial charge in [-0.25, -0.2) is 4.79 Å². The van der Waals surface area contributed by atoms with Crippen LogP contribution in [0.5, 0.6) is 11.5 Å². The van der Waals surface area contributed by atoms with E-state index in [1.54, 1.807) is 18.2 Å². The van der Waals surface area contributed by atoms with Crippen molar-refractivity contribution in [2.75, 3.05) is 13.7 Å². The van der Waals surface area contributed by atoms with Gasteiger partial charge in [0.2, 0.25) is 0 Å². The molecule has 1 aromatic rings. The molecular formula is C18H21ClO5. The van der Waals surface area contributed by atoms with E-state index in [0.717, 1.165) is 12.8 Å². The van der Waals surface area contributed by atoms with Crippen LogP contribution in [-0.2, 0) is 14.3 Å². The molecule has 6 heteroatoms. The van der Waals surface area contributed by atoms with Crippen LogP contribution in [0.25, 0.3) is 6.08 Å². The first-order valence-electron chi connectivity index (χ1n) is 7.97. The van der Waals surface area contributed by atoms with Crippen LogP contribution in [-0.4, -0.2) is 31.6 Å². The Morgan fingerprint density at radius 1 is 1.38 bits per heavy atom. The molecular weight excluding hydrogens is 332 g/mol. The van der Waals surface area contributed by atoms with Gasteiger partial charge in [0, 0.05) is 12.5 Å². The number of Topliss-reactive ketones (excluding diaryl/α,β-unsaturated/α-hetero) is 1. The topological polar surface area (TPSA) is 61.8 Å². The van der Waals surface area contributed by atoms with Crippen molar-refractivity contribution in [1.29, 1.82) is 0 Å². The fraction of sp³-hybridized carbons (Fsp3) is 0.444. The van der Waals surface area contributed by atoms with Crippen LogP contribution in [0.15, 0.2) is 18.2 Å². The molecule has 1 saturated carbocycles. The molecule has 2 rings (SSSR count). The van der Waals surface area contributed by atoms with Crippen LogP contribution in [0.2, 0.25) is 5.02 Å². The summed E-state index contributed by atoms with van der Waals surface area (Å²) in [5.74, 6) is 0.406. The van der Waals surface area contributed by atoms with Gasteiger partial charge in [0.15, 0.2) is 23.4 Å². The predicted molar refractivity (Wildman–Crippen MR) is 91.6 cm³/mol. The number of halogens is 1. The number of hydrogen-bond acceptors (Lipinski definition) is 5. The van der Waals surface area contributed by atoms with E-state index >= 15 is 0 Å². The molecule has 0 bridgehead atoms. The number of hydrogen-bond donors (Lipinski definition) is 0. The first kappa shape index (κ1) is 18.3. The number of benzene rings is 1. The molecule has 1 fully saturated rings. The van der Waals surface area contributed by atoms with Gasteiger partial charge in [-0.05, 0) is 50.0 Å². The lowest BCUT2D eigenvalue weighted by Crippen LogP contribution is -2.29. The lowest BCUT2D eigenvalue weighted by atomic mass is 9.96. The summed E-state index contributed by atoms with van der Waals surface area (Å²) < 4.78 is 15.9. The van der Waals surface area contributed by atoms with Crippen LogP contribution >= 0.6 is 11.6 Å². The van der Waals surface area contributed by atoms with Crippen LogP contribution in [0.1, 0.15) is 38.2 Å². The van der Waals surface area contributed by atoms with Crippen molar-refractivity contribution >= 4 is 29.4 Å². The van der Waals surface area contributed by atoms with Gasteiger partial charge >= 0.3 is 5.97 Å². The average Bonchev–Trinajstić information content (AvgIpc) is 2.55. The first-order valence-corrected chi connectivity index (χ1v) is 8.34. The zero-order chi connectivity index (χ0) is 17.5. The number of carbonyl (C=O) groups is 2. The van der Waals surface area contributed by atoms with E-state index in [0.29, 0.717) is 41.5 Å². The Balaban J connectivity index is 2.07. The highest BCUT2D eigenvalue weighted by molar-refractivity contribution is 6.32. The second-order valence-electron chi connectivity index (χ2n) is 5.44. The van der Waals surface area contributed by atoms with Crippen molar-refractivity contribution in [1.82, 2.24) is 0 Å². The van der Waals surface area contributed by atoms with Gasteiger partial charge in [0.25, 0.3) is 0 Å². The van der Waals surface area contributed by atoms with E-state index in [1.165, 1.54) is 13.2 Å². The highest BCUT2D eigenvalue weighted by atomic mass is 35.5. The van der Waals surface area contributed by atoms with Gasteiger partial charge in [0.1, 0.15) is 0 Å². The molecule has 1 aromatic carbocycles. The van der Waals surface area contributed by atoms with Gasteiger partial charge < -0.3 is 14.2 Å². The Labute approximate surface area is 146 Å². The highest BCUT2D eigenvalue weighted by Crippen LogP contribution is 2.36. The average molecular weight is 353 g/mol.